The summed E-state index contributed by atoms with van der Waals surface area (Å²) in [5.74, 6) is -2.40. The fourth-order valence-corrected chi connectivity index (χ4v) is 3.76. The van der Waals surface area contributed by atoms with Crippen LogP contribution >= 0.6 is 11.3 Å². The van der Waals surface area contributed by atoms with Crippen molar-refractivity contribution in [3.8, 4) is 10.6 Å². The molecule has 1 atom stereocenters. The van der Waals surface area contributed by atoms with Crippen molar-refractivity contribution in [1.82, 2.24) is 15.1 Å². The average Bonchev–Trinajstić information content (AvgIpc) is 3.26. The Bertz CT molecular complexity index is 1020. The number of nitrogens with one attached hydrogen (secondary N) is 1. The zero-order chi connectivity index (χ0) is 20.3. The van der Waals surface area contributed by atoms with E-state index in [1.54, 1.807) is 17.9 Å². The number of amides is 2. The minimum absolute atomic E-state index is 0.169. The summed E-state index contributed by atoms with van der Waals surface area (Å²) in [6.45, 7) is 1.96. The molecule has 0 fully saturated rings. The second-order valence-corrected chi connectivity index (χ2v) is 7.41. The molecule has 3 rings (SSSR count). The van der Waals surface area contributed by atoms with Gasteiger partial charge in [0.05, 0.1) is 10.4 Å². The molecule has 0 aliphatic heterocycles. The van der Waals surface area contributed by atoms with Gasteiger partial charge in [-0.2, -0.15) is 5.10 Å². The van der Waals surface area contributed by atoms with Gasteiger partial charge in [0.2, 0.25) is 5.78 Å². The number of ketones is 1. The molecule has 3 aromatic rings. The first kappa shape index (κ1) is 19.5. The number of carbonyl (C=O) groups is 3. The van der Waals surface area contributed by atoms with E-state index in [2.05, 4.69) is 10.4 Å². The second kappa shape index (κ2) is 8.18. The Kier molecular flexibility index (Phi) is 5.70. The number of Topliss-reactive ketones (excluding diaryl/α,β-unsaturated/α-hetero) is 1. The summed E-state index contributed by atoms with van der Waals surface area (Å²) < 4.78 is 1.54. The number of nitrogens with zero attached hydrogens (tertiary/aromatic N) is 2. The SMILES string of the molecule is Cc1csc(-c2nn(C)cc2C(=O)NC(Cc2ccccc2)C(=O)C(N)=O)c1. The third-order valence-electron chi connectivity index (χ3n) is 4.18. The summed E-state index contributed by atoms with van der Waals surface area (Å²) in [7, 11) is 1.72. The van der Waals surface area contributed by atoms with Crippen LogP contribution in [0.15, 0.2) is 48.0 Å². The predicted octanol–water partition coefficient (Wildman–Crippen LogP) is 1.85. The summed E-state index contributed by atoms with van der Waals surface area (Å²) in [4.78, 5) is 37.5. The van der Waals surface area contributed by atoms with Crippen molar-refractivity contribution in [2.75, 3.05) is 0 Å². The molecule has 0 saturated heterocycles. The van der Waals surface area contributed by atoms with Gasteiger partial charge in [-0.3, -0.25) is 19.1 Å². The molecule has 0 aliphatic carbocycles. The van der Waals surface area contributed by atoms with Crippen molar-refractivity contribution in [3.05, 3.63) is 64.7 Å². The highest BCUT2D eigenvalue weighted by molar-refractivity contribution is 7.13. The Morgan fingerprint density at radius 3 is 2.57 bits per heavy atom. The molecule has 0 radical (unpaired) electrons. The van der Waals surface area contributed by atoms with Gasteiger partial charge in [0.15, 0.2) is 0 Å². The van der Waals surface area contributed by atoms with Gasteiger partial charge >= 0.3 is 0 Å². The maximum absolute atomic E-state index is 12.9. The monoisotopic (exact) mass is 396 g/mol. The van der Waals surface area contributed by atoms with Gasteiger partial charge in [-0.25, -0.2) is 0 Å². The molecule has 144 valence electrons. The summed E-state index contributed by atoms with van der Waals surface area (Å²) in [6.07, 6.45) is 1.76. The first-order chi connectivity index (χ1) is 13.3. The number of aryl methyl sites for hydroxylation is 2. The van der Waals surface area contributed by atoms with Crippen molar-refractivity contribution in [2.24, 2.45) is 12.8 Å². The Morgan fingerprint density at radius 2 is 1.96 bits per heavy atom. The summed E-state index contributed by atoms with van der Waals surface area (Å²) in [6, 6.07) is 10.0. The van der Waals surface area contributed by atoms with E-state index in [9.17, 15) is 14.4 Å². The number of aromatic nitrogens is 2. The quantitative estimate of drug-likeness (QED) is 0.594. The van der Waals surface area contributed by atoms with Gasteiger partial charge in [-0.05, 0) is 29.5 Å². The highest BCUT2D eigenvalue weighted by atomic mass is 32.1. The summed E-state index contributed by atoms with van der Waals surface area (Å²) in [5, 5.41) is 9.00. The van der Waals surface area contributed by atoms with Crippen LogP contribution in [0.4, 0.5) is 0 Å². The summed E-state index contributed by atoms with van der Waals surface area (Å²) in [5.41, 5.74) is 7.92. The van der Waals surface area contributed by atoms with Crippen molar-refractivity contribution < 1.29 is 14.4 Å². The van der Waals surface area contributed by atoms with Crippen LogP contribution in [-0.4, -0.2) is 33.4 Å². The molecular formula is C20H20N4O3S. The zero-order valence-electron chi connectivity index (χ0n) is 15.5. The van der Waals surface area contributed by atoms with Gasteiger partial charge < -0.3 is 11.1 Å². The molecule has 1 aromatic carbocycles. The van der Waals surface area contributed by atoms with Crippen molar-refractivity contribution in [1.29, 1.82) is 0 Å². The van der Waals surface area contributed by atoms with Crippen LogP contribution in [-0.2, 0) is 23.1 Å². The van der Waals surface area contributed by atoms with Crippen LogP contribution in [0.3, 0.4) is 0 Å². The van der Waals surface area contributed by atoms with Crippen molar-refractivity contribution in [3.63, 3.8) is 0 Å². The standard InChI is InChI=1S/C20H20N4O3S/c1-12-8-16(28-11-12)17-14(10-24(2)23-17)20(27)22-15(18(25)19(21)26)9-13-6-4-3-5-7-13/h3-8,10-11,15H,9H2,1-2H3,(H2,21,26)(H,22,27). The number of hydrogen-bond acceptors (Lipinski definition) is 5. The fourth-order valence-electron chi connectivity index (χ4n) is 2.86. The van der Waals surface area contributed by atoms with E-state index in [0.717, 1.165) is 16.0 Å². The maximum Gasteiger partial charge on any atom is 0.287 e. The highest BCUT2D eigenvalue weighted by Crippen LogP contribution is 2.28. The van der Waals surface area contributed by atoms with Crippen LogP contribution < -0.4 is 11.1 Å². The molecule has 7 nitrogen and oxygen atoms in total. The van der Waals surface area contributed by atoms with Crippen molar-refractivity contribution in [2.45, 2.75) is 19.4 Å². The van der Waals surface area contributed by atoms with Gasteiger partial charge in [-0.1, -0.05) is 30.3 Å². The molecule has 0 bridgehead atoms. The average molecular weight is 396 g/mol. The highest BCUT2D eigenvalue weighted by Gasteiger charge is 2.28. The number of hydrogen-bond donors (Lipinski definition) is 2. The van der Waals surface area contributed by atoms with Crippen molar-refractivity contribution >= 4 is 28.9 Å². The molecule has 1 unspecified atom stereocenters. The van der Waals surface area contributed by atoms with Gasteiger partial charge in [-0.15, -0.1) is 11.3 Å². The fraction of sp³-hybridized carbons (Fsp3) is 0.200. The van der Waals surface area contributed by atoms with E-state index < -0.39 is 23.6 Å². The number of carbonyl (C=O) groups excluding carboxylic acids is 3. The lowest BCUT2D eigenvalue weighted by atomic mass is 10.0. The van der Waals surface area contributed by atoms with Crippen LogP contribution in [0.5, 0.6) is 0 Å². The van der Waals surface area contributed by atoms with E-state index in [4.69, 9.17) is 5.73 Å². The Balaban J connectivity index is 1.88. The lowest BCUT2D eigenvalue weighted by molar-refractivity contribution is -0.137. The molecular weight excluding hydrogens is 376 g/mol. The molecule has 8 heteroatoms. The van der Waals surface area contributed by atoms with Crippen LogP contribution in [0.25, 0.3) is 10.6 Å². The number of rotatable bonds is 7. The molecule has 2 amide bonds. The van der Waals surface area contributed by atoms with Crippen LogP contribution in [0, 0.1) is 6.92 Å². The number of thiophene rings is 1. The Labute approximate surface area is 166 Å². The minimum Gasteiger partial charge on any atom is -0.363 e. The maximum atomic E-state index is 12.9. The minimum atomic E-state index is -1.08. The Hall–Kier alpha value is -3.26. The third kappa shape index (κ3) is 4.34. The number of nitrogens with two attached hydrogens (primary N) is 1. The number of primary amides is 1. The normalized spacial score (nSPS) is 11.8. The van der Waals surface area contributed by atoms with Gasteiger partial charge in [0, 0.05) is 19.7 Å². The van der Waals surface area contributed by atoms with Crippen LogP contribution in [0.1, 0.15) is 21.5 Å². The Morgan fingerprint density at radius 1 is 1.25 bits per heavy atom. The molecule has 0 spiro atoms. The van der Waals surface area contributed by atoms with Gasteiger partial charge in [0.25, 0.3) is 11.8 Å². The molecule has 28 heavy (non-hydrogen) atoms. The second-order valence-electron chi connectivity index (χ2n) is 6.50. The molecule has 0 saturated carbocycles. The van der Waals surface area contributed by atoms with Crippen LogP contribution in [0.2, 0.25) is 0 Å². The first-order valence-electron chi connectivity index (χ1n) is 8.62. The summed E-state index contributed by atoms with van der Waals surface area (Å²) >= 11 is 1.48. The first-order valence-corrected chi connectivity index (χ1v) is 9.50. The van der Waals surface area contributed by atoms with E-state index in [1.807, 2.05) is 48.7 Å². The molecule has 2 aromatic heterocycles. The van der Waals surface area contributed by atoms with E-state index in [0.29, 0.717) is 11.3 Å². The van der Waals surface area contributed by atoms with Gasteiger partial charge in [0.1, 0.15) is 11.7 Å². The smallest absolute Gasteiger partial charge is 0.287 e. The third-order valence-corrected chi connectivity index (χ3v) is 5.24. The van der Waals surface area contributed by atoms with E-state index >= 15 is 0 Å². The van der Waals surface area contributed by atoms with E-state index in [1.165, 1.54) is 11.3 Å². The lowest BCUT2D eigenvalue weighted by Crippen LogP contribution is -2.47. The molecule has 2 heterocycles. The van der Waals surface area contributed by atoms with E-state index in [-0.39, 0.29) is 6.42 Å². The molecule has 0 aliphatic rings. The number of benzene rings is 1. The molecule has 3 N–H and O–H groups in total. The lowest BCUT2D eigenvalue weighted by Gasteiger charge is -2.16. The largest absolute Gasteiger partial charge is 0.363 e. The predicted molar refractivity (Wildman–Crippen MR) is 107 cm³/mol. The topological polar surface area (TPSA) is 107 Å². The zero-order valence-corrected chi connectivity index (χ0v) is 16.3.